The molecule has 0 fully saturated rings. The van der Waals surface area contributed by atoms with E-state index in [0.717, 1.165) is 13.1 Å². The quantitative estimate of drug-likeness (QED) is 0.880. The largest absolute Gasteiger partial charge is 0.368 e. The molecule has 21 heavy (non-hydrogen) atoms. The Morgan fingerprint density at radius 1 is 1.19 bits per heavy atom. The van der Waals surface area contributed by atoms with Crippen molar-refractivity contribution in [3.63, 3.8) is 0 Å². The summed E-state index contributed by atoms with van der Waals surface area (Å²) in [5, 5.41) is 2.95. The van der Waals surface area contributed by atoms with Crippen molar-refractivity contribution in [1.29, 1.82) is 0 Å². The maximum absolute atomic E-state index is 13.6. The van der Waals surface area contributed by atoms with Crippen molar-refractivity contribution in [2.24, 2.45) is 0 Å². The Bertz CT molecular complexity index is 627. The lowest BCUT2D eigenvalue weighted by Gasteiger charge is -2.19. The minimum atomic E-state index is -0.286. The summed E-state index contributed by atoms with van der Waals surface area (Å²) >= 11 is 0. The highest BCUT2D eigenvalue weighted by atomic mass is 19.1. The highest BCUT2D eigenvalue weighted by Crippen LogP contribution is 2.19. The van der Waals surface area contributed by atoms with Crippen LogP contribution >= 0.6 is 0 Å². The van der Waals surface area contributed by atoms with Crippen LogP contribution in [0.15, 0.2) is 18.2 Å². The third kappa shape index (κ3) is 3.56. The van der Waals surface area contributed by atoms with Gasteiger partial charge in [-0.3, -0.25) is 0 Å². The summed E-state index contributed by atoms with van der Waals surface area (Å²) < 4.78 is 13.6. The predicted octanol–water partition coefficient (Wildman–Crippen LogP) is 2.49. The number of hydrogen-bond donors (Lipinski definition) is 2. The minimum absolute atomic E-state index is 0.127. The smallest absolute Gasteiger partial charge is 0.233 e. The number of nitrogens with zero attached hydrogens (tertiary/aromatic N) is 4. The van der Waals surface area contributed by atoms with Crippen LogP contribution in [0.4, 0.5) is 27.9 Å². The highest BCUT2D eigenvalue weighted by Gasteiger charge is 2.10. The van der Waals surface area contributed by atoms with Gasteiger partial charge in [0.05, 0.1) is 0 Å². The van der Waals surface area contributed by atoms with Gasteiger partial charge in [-0.05, 0) is 38.5 Å². The third-order valence-electron chi connectivity index (χ3n) is 3.12. The summed E-state index contributed by atoms with van der Waals surface area (Å²) in [7, 11) is 0. The molecule has 0 radical (unpaired) electrons. The second-order valence-electron chi connectivity index (χ2n) is 4.58. The molecule has 1 heterocycles. The van der Waals surface area contributed by atoms with Gasteiger partial charge in [0.15, 0.2) is 0 Å². The topological polar surface area (TPSA) is 80.0 Å². The maximum atomic E-state index is 13.6. The van der Waals surface area contributed by atoms with E-state index < -0.39 is 0 Å². The number of nitrogen functional groups attached to an aromatic ring is 1. The Hall–Kier alpha value is -2.44. The summed E-state index contributed by atoms with van der Waals surface area (Å²) in [5.74, 6) is 0.642. The van der Waals surface area contributed by atoms with Crippen LogP contribution < -0.4 is 16.0 Å². The molecule has 0 atom stereocenters. The summed E-state index contributed by atoms with van der Waals surface area (Å²) in [4.78, 5) is 14.4. The van der Waals surface area contributed by atoms with Crippen molar-refractivity contribution in [2.75, 3.05) is 29.0 Å². The van der Waals surface area contributed by atoms with Crippen molar-refractivity contribution < 1.29 is 4.39 Å². The van der Waals surface area contributed by atoms with E-state index in [2.05, 4.69) is 20.3 Å². The zero-order valence-corrected chi connectivity index (χ0v) is 12.4. The Morgan fingerprint density at radius 3 is 2.52 bits per heavy atom. The molecule has 0 saturated carbocycles. The number of nitrogens with two attached hydrogens (primary N) is 1. The maximum Gasteiger partial charge on any atom is 0.233 e. The van der Waals surface area contributed by atoms with Gasteiger partial charge in [-0.15, -0.1) is 0 Å². The predicted molar refractivity (Wildman–Crippen MR) is 82.2 cm³/mol. The lowest BCUT2D eigenvalue weighted by molar-refractivity contribution is 0.619. The average molecular weight is 290 g/mol. The van der Waals surface area contributed by atoms with Crippen LogP contribution in [0.3, 0.4) is 0 Å². The summed E-state index contributed by atoms with van der Waals surface area (Å²) in [6.07, 6.45) is 0. The summed E-state index contributed by atoms with van der Waals surface area (Å²) in [6, 6.07) is 4.84. The molecule has 1 aromatic carbocycles. The Balaban J connectivity index is 2.29. The Morgan fingerprint density at radius 2 is 1.90 bits per heavy atom. The van der Waals surface area contributed by atoms with E-state index in [9.17, 15) is 4.39 Å². The van der Waals surface area contributed by atoms with E-state index in [4.69, 9.17) is 5.73 Å². The van der Waals surface area contributed by atoms with Gasteiger partial charge < -0.3 is 16.0 Å². The van der Waals surface area contributed by atoms with Crippen molar-refractivity contribution in [3.8, 4) is 0 Å². The van der Waals surface area contributed by atoms with Gasteiger partial charge in [-0.2, -0.15) is 15.0 Å². The second kappa shape index (κ2) is 6.34. The molecule has 0 amide bonds. The van der Waals surface area contributed by atoms with E-state index in [1.165, 1.54) is 6.07 Å². The van der Waals surface area contributed by atoms with Crippen molar-refractivity contribution in [2.45, 2.75) is 20.8 Å². The van der Waals surface area contributed by atoms with Gasteiger partial charge in [0.25, 0.3) is 0 Å². The van der Waals surface area contributed by atoms with Crippen LogP contribution in [-0.4, -0.2) is 28.0 Å². The van der Waals surface area contributed by atoms with Crippen LogP contribution in [0, 0.1) is 12.7 Å². The number of anilines is 4. The highest BCUT2D eigenvalue weighted by molar-refractivity contribution is 5.56. The molecule has 6 nitrogen and oxygen atoms in total. The molecule has 0 spiro atoms. The number of rotatable bonds is 5. The van der Waals surface area contributed by atoms with Gasteiger partial charge in [0.2, 0.25) is 17.8 Å². The molecular formula is C14H19FN6. The molecule has 112 valence electrons. The second-order valence-corrected chi connectivity index (χ2v) is 4.58. The summed E-state index contributed by atoms with van der Waals surface area (Å²) in [5.41, 5.74) is 6.86. The van der Waals surface area contributed by atoms with Crippen LogP contribution in [0.1, 0.15) is 19.4 Å². The molecule has 2 rings (SSSR count). The molecule has 0 bridgehead atoms. The molecule has 0 saturated heterocycles. The van der Waals surface area contributed by atoms with Crippen molar-refractivity contribution >= 4 is 23.5 Å². The number of benzene rings is 1. The number of aromatic nitrogens is 3. The first-order chi connectivity index (χ1) is 10.0. The van der Waals surface area contributed by atoms with E-state index in [1.807, 2.05) is 18.7 Å². The monoisotopic (exact) mass is 290 g/mol. The molecular weight excluding hydrogens is 271 g/mol. The van der Waals surface area contributed by atoms with Crippen LogP contribution in [0.2, 0.25) is 0 Å². The molecule has 2 aromatic rings. The van der Waals surface area contributed by atoms with Crippen molar-refractivity contribution in [3.05, 3.63) is 29.6 Å². The fourth-order valence-corrected chi connectivity index (χ4v) is 1.88. The van der Waals surface area contributed by atoms with E-state index >= 15 is 0 Å². The van der Waals surface area contributed by atoms with Crippen LogP contribution in [0.5, 0.6) is 0 Å². The molecule has 0 aliphatic rings. The van der Waals surface area contributed by atoms with Crippen LogP contribution in [-0.2, 0) is 0 Å². The van der Waals surface area contributed by atoms with Gasteiger partial charge in [-0.1, -0.05) is 6.07 Å². The molecule has 3 N–H and O–H groups in total. The zero-order valence-electron chi connectivity index (χ0n) is 12.4. The SMILES string of the molecule is CCN(CC)c1nc(N)nc(Nc2ccc(C)c(F)c2)n1. The molecule has 0 unspecified atom stereocenters. The normalized spacial score (nSPS) is 10.5. The standard InChI is InChI=1S/C14H19FN6/c1-4-21(5-2)14-19-12(16)18-13(20-14)17-10-7-6-9(3)11(15)8-10/h6-8H,4-5H2,1-3H3,(H3,16,17,18,19,20). The lowest BCUT2D eigenvalue weighted by atomic mass is 10.2. The Labute approximate surface area is 123 Å². The average Bonchev–Trinajstić information content (AvgIpc) is 2.44. The Kier molecular flexibility index (Phi) is 4.52. The first kappa shape index (κ1) is 15.0. The van der Waals surface area contributed by atoms with Gasteiger partial charge >= 0.3 is 0 Å². The fourth-order valence-electron chi connectivity index (χ4n) is 1.88. The van der Waals surface area contributed by atoms with Gasteiger partial charge in [0, 0.05) is 18.8 Å². The van der Waals surface area contributed by atoms with Gasteiger partial charge in [-0.25, -0.2) is 4.39 Å². The van der Waals surface area contributed by atoms with Crippen molar-refractivity contribution in [1.82, 2.24) is 15.0 Å². The first-order valence-electron chi connectivity index (χ1n) is 6.83. The van der Waals surface area contributed by atoms with E-state index in [1.54, 1.807) is 19.1 Å². The van der Waals surface area contributed by atoms with Crippen LogP contribution in [0.25, 0.3) is 0 Å². The molecule has 0 aliphatic carbocycles. The molecule has 7 heteroatoms. The molecule has 0 aliphatic heterocycles. The lowest BCUT2D eigenvalue weighted by Crippen LogP contribution is -2.25. The number of nitrogens with one attached hydrogen (secondary N) is 1. The zero-order chi connectivity index (χ0) is 15.4. The number of aryl methyl sites for hydroxylation is 1. The fraction of sp³-hybridized carbons (Fsp3) is 0.357. The molecule has 1 aromatic heterocycles. The first-order valence-corrected chi connectivity index (χ1v) is 6.83. The van der Waals surface area contributed by atoms with E-state index in [-0.39, 0.29) is 11.8 Å². The van der Waals surface area contributed by atoms with E-state index in [0.29, 0.717) is 23.1 Å². The number of halogens is 1. The number of hydrogen-bond acceptors (Lipinski definition) is 6. The minimum Gasteiger partial charge on any atom is -0.368 e. The van der Waals surface area contributed by atoms with Gasteiger partial charge in [0.1, 0.15) is 5.82 Å². The summed E-state index contributed by atoms with van der Waals surface area (Å²) in [6.45, 7) is 7.24. The third-order valence-corrected chi connectivity index (χ3v) is 3.12.